The number of hydrogen-bond donors (Lipinski definition) is 11. The first kappa shape index (κ1) is 34.3. The summed E-state index contributed by atoms with van der Waals surface area (Å²) >= 11 is 0. The van der Waals surface area contributed by atoms with E-state index in [9.17, 15) is 61.0 Å². The predicted molar refractivity (Wildman–Crippen MR) is 130 cm³/mol. The summed E-state index contributed by atoms with van der Waals surface area (Å²) in [5.41, 5.74) is -2.50. The van der Waals surface area contributed by atoms with Crippen LogP contribution in [0.4, 0.5) is 0 Å². The first-order valence-electron chi connectivity index (χ1n) is 13.0. The molecule has 17 heteroatoms. The molecule has 17 nitrogen and oxygen atoms in total. The van der Waals surface area contributed by atoms with Crippen molar-refractivity contribution in [2.75, 3.05) is 26.4 Å². The highest BCUT2D eigenvalue weighted by molar-refractivity contribution is 5.88. The molecular formula is C24H40O17. The molecule has 0 aliphatic carbocycles. The summed E-state index contributed by atoms with van der Waals surface area (Å²) < 4.78 is 26.1. The summed E-state index contributed by atoms with van der Waals surface area (Å²) in [5.74, 6) is -0.843. The van der Waals surface area contributed by atoms with Crippen LogP contribution in [0.15, 0.2) is 12.7 Å². The van der Waals surface area contributed by atoms with Crippen molar-refractivity contribution in [2.24, 2.45) is 0 Å². The zero-order chi connectivity index (χ0) is 30.6. The Bertz CT molecular complexity index is 856. The summed E-state index contributed by atoms with van der Waals surface area (Å²) in [6.07, 6.45) is -22.9. The Balaban J connectivity index is 1.58. The van der Waals surface area contributed by atoms with E-state index < -0.39 is 123 Å². The lowest BCUT2D eigenvalue weighted by Gasteiger charge is -2.43. The van der Waals surface area contributed by atoms with Crippen LogP contribution in [-0.2, 0) is 28.5 Å². The van der Waals surface area contributed by atoms with Gasteiger partial charge < -0.3 is 79.9 Å². The van der Waals surface area contributed by atoms with Gasteiger partial charge >= 0.3 is 0 Å². The van der Waals surface area contributed by atoms with Crippen LogP contribution in [0.5, 0.6) is 0 Å². The van der Waals surface area contributed by atoms with Crippen molar-refractivity contribution in [2.45, 2.75) is 104 Å². The smallest absolute Gasteiger partial charge is 0.186 e. The lowest BCUT2D eigenvalue weighted by atomic mass is 9.82. The van der Waals surface area contributed by atoms with Crippen LogP contribution in [0.2, 0.25) is 0 Å². The second kappa shape index (κ2) is 14.5. The fourth-order valence-corrected chi connectivity index (χ4v) is 4.56. The number of aliphatic hydroxyl groups excluding tert-OH is 10. The van der Waals surface area contributed by atoms with Gasteiger partial charge in [-0.1, -0.05) is 6.08 Å². The van der Waals surface area contributed by atoms with E-state index in [0.717, 1.165) is 6.08 Å². The number of ketones is 1. The van der Waals surface area contributed by atoms with Crippen molar-refractivity contribution in [1.82, 2.24) is 0 Å². The number of epoxide rings is 1. The maximum Gasteiger partial charge on any atom is 0.186 e. The first-order valence-corrected chi connectivity index (χ1v) is 13.0. The molecule has 3 aliphatic heterocycles. The van der Waals surface area contributed by atoms with Gasteiger partial charge in [0.05, 0.1) is 32.5 Å². The molecule has 3 aliphatic rings. The Morgan fingerprint density at radius 1 is 0.902 bits per heavy atom. The van der Waals surface area contributed by atoms with Crippen LogP contribution in [-0.4, -0.2) is 180 Å². The van der Waals surface area contributed by atoms with Gasteiger partial charge in [-0.25, -0.2) is 0 Å². The maximum absolute atomic E-state index is 12.5. The Hall–Kier alpha value is -1.23. The van der Waals surface area contributed by atoms with Crippen molar-refractivity contribution >= 4 is 5.78 Å². The second-order valence-electron chi connectivity index (χ2n) is 10.4. The summed E-state index contributed by atoms with van der Waals surface area (Å²) in [5, 5.41) is 112. The molecule has 0 amide bonds. The molecule has 3 rings (SSSR count). The molecule has 0 bridgehead atoms. The third-order valence-corrected chi connectivity index (χ3v) is 7.33. The Labute approximate surface area is 234 Å². The predicted octanol–water partition coefficient (Wildman–Crippen LogP) is -6.62. The van der Waals surface area contributed by atoms with Crippen molar-refractivity contribution in [3.63, 3.8) is 0 Å². The molecule has 0 saturated carbocycles. The monoisotopic (exact) mass is 600 g/mol. The minimum absolute atomic E-state index is 0.240. The molecule has 0 aromatic heterocycles. The number of carbonyl (C=O) groups excluding carboxylic acids is 1. The molecular weight excluding hydrogens is 560 g/mol. The number of Topliss-reactive ketones (excluding diaryl/α,β-unsaturated/α-hetero) is 1. The number of rotatable bonds is 15. The van der Waals surface area contributed by atoms with E-state index >= 15 is 0 Å². The summed E-state index contributed by atoms with van der Waals surface area (Å²) in [6, 6.07) is 0. The van der Waals surface area contributed by atoms with Crippen LogP contribution >= 0.6 is 0 Å². The fourth-order valence-electron chi connectivity index (χ4n) is 4.56. The molecule has 0 radical (unpaired) electrons. The average Bonchev–Trinajstić information content (AvgIpc) is 3.77. The number of ether oxygens (including phenoxy) is 5. The van der Waals surface area contributed by atoms with Crippen molar-refractivity contribution in [3.8, 4) is 0 Å². The van der Waals surface area contributed by atoms with Crippen LogP contribution in [0, 0.1) is 0 Å². The SMILES string of the molecule is C=CC[C@](O)(C(=O)CC1CO1)[C@@H](O)[C@H](O)[C@H](O)CO[C@H]1O[C@H](CO[C@H]2O[C@H](CO)[C@@H](O)[C@H](O)[C@H]2O)[C@@H](O)[C@H](O)[C@H]1O. The number of hydrogen-bond acceptors (Lipinski definition) is 17. The van der Waals surface area contributed by atoms with Crippen molar-refractivity contribution in [3.05, 3.63) is 12.7 Å². The largest absolute Gasteiger partial charge is 0.394 e. The van der Waals surface area contributed by atoms with Crippen LogP contribution in [0.25, 0.3) is 0 Å². The van der Waals surface area contributed by atoms with Gasteiger partial charge in [0, 0.05) is 12.8 Å². The molecule has 0 aromatic carbocycles. The lowest BCUT2D eigenvalue weighted by Crippen LogP contribution is -2.62. The van der Waals surface area contributed by atoms with Gasteiger partial charge in [-0.3, -0.25) is 4.79 Å². The van der Waals surface area contributed by atoms with Crippen LogP contribution in [0.3, 0.4) is 0 Å². The van der Waals surface area contributed by atoms with E-state index in [4.69, 9.17) is 23.7 Å². The second-order valence-corrected chi connectivity index (χ2v) is 10.4. The normalized spacial score (nSPS) is 41.2. The molecule has 3 saturated heterocycles. The molecule has 238 valence electrons. The van der Waals surface area contributed by atoms with Gasteiger partial charge in [0.2, 0.25) is 0 Å². The third kappa shape index (κ3) is 7.84. The van der Waals surface area contributed by atoms with E-state index in [2.05, 4.69) is 6.58 Å². The minimum Gasteiger partial charge on any atom is -0.394 e. The van der Waals surface area contributed by atoms with Crippen molar-refractivity contribution in [1.29, 1.82) is 0 Å². The first-order chi connectivity index (χ1) is 19.3. The minimum atomic E-state index is -2.50. The summed E-state index contributed by atoms with van der Waals surface area (Å²) in [4.78, 5) is 12.5. The van der Waals surface area contributed by atoms with E-state index in [-0.39, 0.29) is 6.42 Å². The summed E-state index contributed by atoms with van der Waals surface area (Å²) in [6.45, 7) is 1.52. The average molecular weight is 601 g/mol. The topological polar surface area (TPSA) is 289 Å². The standard InChI is InChI=1S/C24H40O17/c1-2-3-24(36,13(27)4-9-6-37-9)21(35)14(28)10(26)7-38-22-20(34)18(32)16(30)12(41-22)8-39-23-19(33)17(31)15(29)11(5-25)40-23/h2,9-12,14-23,25-26,28-36H,1,3-8H2/t9?,10-,11-,12-,14-,15-,16-,17+,18+,19-,20-,21+,22+,23+,24+/m1/s1. The van der Waals surface area contributed by atoms with Gasteiger partial charge in [-0.05, 0) is 0 Å². The Morgan fingerprint density at radius 2 is 1.44 bits per heavy atom. The molecule has 11 N–H and O–H groups in total. The highest BCUT2D eigenvalue weighted by atomic mass is 16.7. The number of carbonyl (C=O) groups is 1. The van der Waals surface area contributed by atoms with Gasteiger partial charge in [-0.2, -0.15) is 0 Å². The van der Waals surface area contributed by atoms with Gasteiger partial charge in [0.1, 0.15) is 67.1 Å². The molecule has 0 spiro atoms. The quantitative estimate of drug-likeness (QED) is 0.0615. The fraction of sp³-hybridized carbons (Fsp3) is 0.875. The van der Waals surface area contributed by atoms with Gasteiger partial charge in [0.25, 0.3) is 0 Å². The van der Waals surface area contributed by atoms with Crippen molar-refractivity contribution < 1.29 is 84.7 Å². The zero-order valence-electron chi connectivity index (χ0n) is 22.0. The zero-order valence-corrected chi connectivity index (χ0v) is 22.0. The molecule has 1 unspecified atom stereocenters. The molecule has 41 heavy (non-hydrogen) atoms. The molecule has 3 fully saturated rings. The number of aliphatic hydroxyl groups is 11. The Morgan fingerprint density at radius 3 is 1.98 bits per heavy atom. The van der Waals surface area contributed by atoms with Crippen LogP contribution in [0.1, 0.15) is 12.8 Å². The highest BCUT2D eigenvalue weighted by Crippen LogP contribution is 2.29. The molecule has 0 aromatic rings. The molecule has 15 atom stereocenters. The lowest BCUT2D eigenvalue weighted by molar-refractivity contribution is -0.333. The van der Waals surface area contributed by atoms with Crippen LogP contribution < -0.4 is 0 Å². The summed E-state index contributed by atoms with van der Waals surface area (Å²) in [7, 11) is 0. The maximum atomic E-state index is 12.5. The van der Waals surface area contributed by atoms with Gasteiger partial charge in [-0.15, -0.1) is 6.58 Å². The van der Waals surface area contributed by atoms with E-state index in [1.165, 1.54) is 0 Å². The van der Waals surface area contributed by atoms with E-state index in [1.54, 1.807) is 0 Å². The third-order valence-electron chi connectivity index (χ3n) is 7.33. The Kier molecular flexibility index (Phi) is 12.1. The molecule has 3 heterocycles. The highest BCUT2D eigenvalue weighted by Gasteiger charge is 2.50. The van der Waals surface area contributed by atoms with E-state index in [1.807, 2.05) is 0 Å². The van der Waals surface area contributed by atoms with E-state index in [0.29, 0.717) is 6.61 Å². The van der Waals surface area contributed by atoms with Gasteiger partial charge in [0.15, 0.2) is 24.0 Å².